The molecule has 1 aromatic carbocycles. The van der Waals surface area contributed by atoms with Gasteiger partial charge in [0.2, 0.25) is 0 Å². The van der Waals surface area contributed by atoms with Crippen LogP contribution in [0.2, 0.25) is 0 Å². The van der Waals surface area contributed by atoms with Crippen LogP contribution in [-0.2, 0) is 10.5 Å². The van der Waals surface area contributed by atoms with E-state index in [9.17, 15) is 9.18 Å². The smallest absolute Gasteiger partial charge is 0.343 e. The number of nitrogen functional groups attached to an aromatic ring is 1. The number of benzene rings is 1. The van der Waals surface area contributed by atoms with Crippen molar-refractivity contribution in [3.05, 3.63) is 47.4 Å². The van der Waals surface area contributed by atoms with Crippen LogP contribution in [0.1, 0.15) is 22.8 Å². The summed E-state index contributed by atoms with van der Waals surface area (Å²) in [6.45, 7) is 1.97. The second-order valence-corrected chi connectivity index (χ2v) is 5.03. The molecule has 7 heteroatoms. The highest BCUT2D eigenvalue weighted by Crippen LogP contribution is 2.21. The van der Waals surface area contributed by atoms with Gasteiger partial charge in [0.25, 0.3) is 0 Å². The third kappa shape index (κ3) is 4.16. The summed E-state index contributed by atoms with van der Waals surface area (Å²) < 4.78 is 17.6. The molecule has 0 radical (unpaired) electrons. The van der Waals surface area contributed by atoms with Crippen molar-refractivity contribution in [2.24, 2.45) is 0 Å². The van der Waals surface area contributed by atoms with E-state index in [0.717, 1.165) is 5.56 Å². The molecule has 0 bridgehead atoms. The summed E-state index contributed by atoms with van der Waals surface area (Å²) in [4.78, 5) is 19.7. The van der Waals surface area contributed by atoms with E-state index in [2.05, 4.69) is 9.97 Å². The quantitative estimate of drug-likeness (QED) is 0.520. The average molecular weight is 307 g/mol. The van der Waals surface area contributed by atoms with Crippen LogP contribution < -0.4 is 5.73 Å². The maximum absolute atomic E-state index is 12.8. The Balaban J connectivity index is 2.03. The number of carbonyl (C=O) groups excluding carboxylic acids is 1. The maximum Gasteiger partial charge on any atom is 0.343 e. The molecule has 0 atom stereocenters. The van der Waals surface area contributed by atoms with E-state index in [0.29, 0.717) is 10.9 Å². The molecule has 1 heterocycles. The zero-order chi connectivity index (χ0) is 15.2. The molecule has 2 rings (SSSR count). The van der Waals surface area contributed by atoms with Gasteiger partial charge in [-0.15, -0.1) is 0 Å². The lowest BCUT2D eigenvalue weighted by Crippen LogP contribution is -2.10. The van der Waals surface area contributed by atoms with Crippen LogP contribution in [0.15, 0.2) is 35.6 Å². The van der Waals surface area contributed by atoms with Gasteiger partial charge in [0.05, 0.1) is 6.61 Å². The summed E-state index contributed by atoms with van der Waals surface area (Å²) in [7, 11) is 0. The van der Waals surface area contributed by atoms with Gasteiger partial charge in [0.1, 0.15) is 17.2 Å². The van der Waals surface area contributed by atoms with Crippen LogP contribution in [0.25, 0.3) is 0 Å². The van der Waals surface area contributed by atoms with E-state index in [-0.39, 0.29) is 23.8 Å². The Hall–Kier alpha value is -2.15. The van der Waals surface area contributed by atoms with Crippen LogP contribution in [0.4, 0.5) is 10.2 Å². The Kier molecular flexibility index (Phi) is 5.10. The summed E-state index contributed by atoms with van der Waals surface area (Å²) in [6, 6.07) is 6.18. The monoisotopic (exact) mass is 307 g/mol. The molecular weight excluding hydrogens is 293 g/mol. The molecule has 1 aromatic heterocycles. The second kappa shape index (κ2) is 7.03. The van der Waals surface area contributed by atoms with Crippen LogP contribution >= 0.6 is 11.8 Å². The molecule has 0 amide bonds. The molecule has 0 saturated carbocycles. The zero-order valence-corrected chi connectivity index (χ0v) is 12.2. The third-order valence-electron chi connectivity index (χ3n) is 2.57. The summed E-state index contributed by atoms with van der Waals surface area (Å²) in [5.74, 6) is -0.142. The molecule has 0 fully saturated rings. The predicted molar refractivity (Wildman–Crippen MR) is 78.4 cm³/mol. The first-order valence-electron chi connectivity index (χ1n) is 6.27. The van der Waals surface area contributed by atoms with Crippen molar-refractivity contribution < 1.29 is 13.9 Å². The highest BCUT2D eigenvalue weighted by Gasteiger charge is 2.13. The number of anilines is 1. The molecule has 0 unspecified atom stereocenters. The van der Waals surface area contributed by atoms with E-state index in [1.807, 2.05) is 0 Å². The fraction of sp³-hybridized carbons (Fsp3) is 0.214. The average Bonchev–Trinajstić information content (AvgIpc) is 2.47. The molecule has 0 spiro atoms. The lowest BCUT2D eigenvalue weighted by Gasteiger charge is -2.06. The fourth-order valence-corrected chi connectivity index (χ4v) is 2.32. The summed E-state index contributed by atoms with van der Waals surface area (Å²) in [5, 5.41) is 0.449. The van der Waals surface area contributed by atoms with Gasteiger partial charge in [-0.25, -0.2) is 19.2 Å². The summed E-state index contributed by atoms with van der Waals surface area (Å²) in [6.07, 6.45) is 1.35. The number of hydrogen-bond acceptors (Lipinski definition) is 6. The lowest BCUT2D eigenvalue weighted by molar-refractivity contribution is 0.0526. The minimum atomic E-state index is -0.537. The van der Waals surface area contributed by atoms with Gasteiger partial charge >= 0.3 is 5.97 Å². The second-order valence-electron chi connectivity index (χ2n) is 4.09. The van der Waals surface area contributed by atoms with E-state index in [1.54, 1.807) is 19.1 Å². The third-order valence-corrected chi connectivity index (χ3v) is 3.51. The highest BCUT2D eigenvalue weighted by molar-refractivity contribution is 7.98. The van der Waals surface area contributed by atoms with Gasteiger partial charge in [0.15, 0.2) is 5.16 Å². The van der Waals surface area contributed by atoms with Crippen molar-refractivity contribution >= 4 is 23.5 Å². The Morgan fingerprint density at radius 1 is 1.38 bits per heavy atom. The van der Waals surface area contributed by atoms with E-state index >= 15 is 0 Å². The fourth-order valence-electron chi connectivity index (χ4n) is 1.54. The molecule has 5 nitrogen and oxygen atoms in total. The zero-order valence-electron chi connectivity index (χ0n) is 11.4. The van der Waals surface area contributed by atoms with Gasteiger partial charge < -0.3 is 10.5 Å². The minimum Gasteiger partial charge on any atom is -0.462 e. The molecule has 110 valence electrons. The predicted octanol–water partition coefficient (Wildman–Crippen LogP) is 2.67. The van der Waals surface area contributed by atoms with Crippen molar-refractivity contribution in [3.63, 3.8) is 0 Å². The number of ether oxygens (including phenoxy) is 1. The Labute approximate surface area is 125 Å². The minimum absolute atomic E-state index is 0.0880. The Morgan fingerprint density at radius 3 is 2.71 bits per heavy atom. The molecule has 21 heavy (non-hydrogen) atoms. The molecule has 0 aliphatic rings. The van der Waals surface area contributed by atoms with Crippen LogP contribution in [-0.4, -0.2) is 22.5 Å². The number of nitrogens with zero attached hydrogens (tertiary/aromatic N) is 2. The number of esters is 1. The number of rotatable bonds is 5. The van der Waals surface area contributed by atoms with Gasteiger partial charge in [-0.05, 0) is 24.6 Å². The molecule has 2 aromatic rings. The first kappa shape index (κ1) is 15.2. The van der Waals surface area contributed by atoms with Gasteiger partial charge in [-0.2, -0.15) is 0 Å². The van der Waals surface area contributed by atoms with Crippen molar-refractivity contribution in [1.29, 1.82) is 0 Å². The number of thioether (sulfide) groups is 1. The Morgan fingerprint density at radius 2 is 2.10 bits per heavy atom. The van der Waals surface area contributed by atoms with Crippen molar-refractivity contribution in [3.8, 4) is 0 Å². The summed E-state index contributed by atoms with van der Waals surface area (Å²) >= 11 is 1.35. The first-order valence-corrected chi connectivity index (χ1v) is 7.25. The number of nitrogens with two attached hydrogens (primary N) is 1. The number of carbonyl (C=O) groups is 1. The molecule has 0 aliphatic heterocycles. The molecule has 2 N–H and O–H groups in total. The van der Waals surface area contributed by atoms with Gasteiger partial charge in [-0.3, -0.25) is 0 Å². The molecule has 0 aliphatic carbocycles. The Bertz CT molecular complexity index is 635. The van der Waals surface area contributed by atoms with E-state index in [1.165, 1.54) is 30.1 Å². The largest absolute Gasteiger partial charge is 0.462 e. The normalized spacial score (nSPS) is 10.4. The highest BCUT2D eigenvalue weighted by atomic mass is 32.2. The number of halogens is 1. The molecule has 0 saturated heterocycles. The van der Waals surface area contributed by atoms with Gasteiger partial charge in [0, 0.05) is 11.9 Å². The van der Waals surface area contributed by atoms with E-state index in [4.69, 9.17) is 10.5 Å². The van der Waals surface area contributed by atoms with Crippen LogP contribution in [0, 0.1) is 5.82 Å². The maximum atomic E-state index is 12.8. The van der Waals surface area contributed by atoms with Crippen molar-refractivity contribution in [1.82, 2.24) is 9.97 Å². The van der Waals surface area contributed by atoms with E-state index < -0.39 is 5.97 Å². The van der Waals surface area contributed by atoms with Crippen LogP contribution in [0.3, 0.4) is 0 Å². The SMILES string of the molecule is CCOC(=O)c1cnc(SCc2ccc(F)cc2)nc1N. The van der Waals surface area contributed by atoms with Crippen molar-refractivity contribution in [2.45, 2.75) is 17.8 Å². The van der Waals surface area contributed by atoms with Gasteiger partial charge in [-0.1, -0.05) is 23.9 Å². The standard InChI is InChI=1S/C14H14FN3O2S/c1-2-20-13(19)11-7-17-14(18-12(11)16)21-8-9-3-5-10(15)6-4-9/h3-7H,2,8H2,1H3,(H2,16,17,18). The molecular formula is C14H14FN3O2S. The topological polar surface area (TPSA) is 78.1 Å². The van der Waals surface area contributed by atoms with Crippen molar-refractivity contribution in [2.75, 3.05) is 12.3 Å². The number of aromatic nitrogens is 2. The number of hydrogen-bond donors (Lipinski definition) is 1. The first-order chi connectivity index (χ1) is 10.1. The van der Waals surface area contributed by atoms with Crippen LogP contribution in [0.5, 0.6) is 0 Å². The summed E-state index contributed by atoms with van der Waals surface area (Å²) in [5.41, 5.74) is 6.82. The lowest BCUT2D eigenvalue weighted by atomic mass is 10.2.